The van der Waals surface area contributed by atoms with E-state index < -0.39 is 22.8 Å². The first-order valence-corrected chi connectivity index (χ1v) is 7.53. The van der Waals surface area contributed by atoms with Crippen LogP contribution in [0.4, 0.5) is 5.69 Å². The lowest BCUT2D eigenvalue weighted by atomic mass is 9.82. The smallest absolute Gasteiger partial charge is 0.336 e. The fraction of sp³-hybridized carbons (Fsp3) is 0.294. The van der Waals surface area contributed by atoms with Crippen LogP contribution in [-0.4, -0.2) is 42.5 Å². The molecule has 25 heavy (non-hydrogen) atoms. The highest BCUT2D eigenvalue weighted by atomic mass is 16.6. The second-order valence-electron chi connectivity index (χ2n) is 5.23. The first-order valence-electron chi connectivity index (χ1n) is 7.53. The molecule has 2 rings (SSSR count). The van der Waals surface area contributed by atoms with Crippen molar-refractivity contribution < 1.29 is 24.0 Å². The molecule has 132 valence electrons. The predicted octanol–water partition coefficient (Wildman–Crippen LogP) is 2.13. The molecular weight excluding hydrogens is 328 g/mol. The molecule has 0 bridgehead atoms. The van der Waals surface area contributed by atoms with Crippen molar-refractivity contribution in [2.45, 2.75) is 12.8 Å². The highest BCUT2D eigenvalue weighted by molar-refractivity contribution is 5.99. The number of carbonyl (C=O) groups is 2. The maximum absolute atomic E-state index is 12.3. The molecule has 8 nitrogen and oxygen atoms in total. The summed E-state index contributed by atoms with van der Waals surface area (Å²) in [5.41, 5.74) is 0.279. The van der Waals surface area contributed by atoms with Crippen molar-refractivity contribution in [1.82, 2.24) is 4.90 Å². The summed E-state index contributed by atoms with van der Waals surface area (Å²) in [5.74, 6) is -2.29. The van der Waals surface area contributed by atoms with Gasteiger partial charge in [-0.1, -0.05) is 18.2 Å². The van der Waals surface area contributed by atoms with Gasteiger partial charge in [-0.25, -0.2) is 9.59 Å². The monoisotopic (exact) mass is 346 g/mol. The fourth-order valence-electron chi connectivity index (χ4n) is 2.70. The Bertz CT molecular complexity index is 734. The maximum atomic E-state index is 12.3. The van der Waals surface area contributed by atoms with E-state index in [9.17, 15) is 19.7 Å². The van der Waals surface area contributed by atoms with E-state index >= 15 is 0 Å². The first kappa shape index (κ1) is 18.2. The van der Waals surface area contributed by atoms with Crippen LogP contribution in [0.25, 0.3) is 0 Å². The third-order valence-corrected chi connectivity index (χ3v) is 3.88. The van der Waals surface area contributed by atoms with Crippen molar-refractivity contribution in [3.8, 4) is 0 Å². The molecule has 0 fully saturated rings. The maximum Gasteiger partial charge on any atom is 0.336 e. The lowest BCUT2D eigenvalue weighted by Gasteiger charge is -2.29. The van der Waals surface area contributed by atoms with E-state index in [2.05, 4.69) is 0 Å². The average Bonchev–Trinajstić information content (AvgIpc) is 2.65. The minimum Gasteiger partial charge on any atom is -0.466 e. The van der Waals surface area contributed by atoms with Crippen LogP contribution in [0.1, 0.15) is 18.4 Å². The zero-order valence-electron chi connectivity index (χ0n) is 14.1. The van der Waals surface area contributed by atoms with Gasteiger partial charge in [0.25, 0.3) is 5.69 Å². The van der Waals surface area contributed by atoms with Crippen LogP contribution >= 0.6 is 0 Å². The Balaban J connectivity index is 2.71. The zero-order chi connectivity index (χ0) is 18.6. The van der Waals surface area contributed by atoms with Gasteiger partial charge in [-0.2, -0.15) is 0 Å². The number of esters is 2. The van der Waals surface area contributed by atoms with Gasteiger partial charge in [0.2, 0.25) is 0 Å². The van der Waals surface area contributed by atoms with Crippen molar-refractivity contribution in [3.05, 3.63) is 63.5 Å². The van der Waals surface area contributed by atoms with Crippen molar-refractivity contribution in [2.24, 2.45) is 0 Å². The number of rotatable bonds is 5. The van der Waals surface area contributed by atoms with Crippen LogP contribution in [0.3, 0.4) is 0 Å². The summed E-state index contributed by atoms with van der Waals surface area (Å²) in [5, 5.41) is 11.4. The molecule has 0 saturated carbocycles. The second kappa shape index (κ2) is 7.61. The number of nitrogens with zero attached hydrogens (tertiary/aromatic N) is 2. The predicted molar refractivity (Wildman–Crippen MR) is 88.4 cm³/mol. The number of hydrogen-bond donors (Lipinski definition) is 0. The van der Waals surface area contributed by atoms with Crippen LogP contribution in [-0.2, 0) is 19.1 Å². The fourth-order valence-corrected chi connectivity index (χ4v) is 2.70. The highest BCUT2D eigenvalue weighted by Gasteiger charge is 2.38. The van der Waals surface area contributed by atoms with E-state index in [-0.39, 0.29) is 22.4 Å². The van der Waals surface area contributed by atoms with Gasteiger partial charge < -0.3 is 14.4 Å². The molecule has 1 aliphatic rings. The summed E-state index contributed by atoms with van der Waals surface area (Å²) in [6, 6.07) is 5.97. The van der Waals surface area contributed by atoms with Crippen LogP contribution < -0.4 is 0 Å². The third kappa shape index (κ3) is 3.52. The summed E-state index contributed by atoms with van der Waals surface area (Å²) >= 11 is 0. The van der Waals surface area contributed by atoms with Gasteiger partial charge >= 0.3 is 11.9 Å². The van der Waals surface area contributed by atoms with Crippen LogP contribution in [0, 0.1) is 10.1 Å². The van der Waals surface area contributed by atoms with Gasteiger partial charge in [0.15, 0.2) is 0 Å². The molecule has 0 unspecified atom stereocenters. The number of nitro benzene ring substituents is 1. The Morgan fingerprint density at radius 3 is 2.08 bits per heavy atom. The van der Waals surface area contributed by atoms with Gasteiger partial charge in [0.05, 0.1) is 36.2 Å². The molecule has 1 aromatic carbocycles. The standard InChI is InChI=1S/C17H18N2O6/c1-4-18-9-12(16(20)24-2)15(13(10-18)17(21)25-3)11-7-5-6-8-14(11)19(22)23/h5-10,15H,4H2,1-3H3. The Hall–Kier alpha value is -3.16. The van der Waals surface area contributed by atoms with Crippen LogP contribution in [0.2, 0.25) is 0 Å². The summed E-state index contributed by atoms with van der Waals surface area (Å²) in [6.07, 6.45) is 3.05. The van der Waals surface area contributed by atoms with Gasteiger partial charge in [-0.05, 0) is 6.92 Å². The molecule has 0 saturated heterocycles. The third-order valence-electron chi connectivity index (χ3n) is 3.88. The van der Waals surface area contributed by atoms with Gasteiger partial charge in [-0.3, -0.25) is 10.1 Å². The van der Waals surface area contributed by atoms with E-state index in [4.69, 9.17) is 9.47 Å². The lowest BCUT2D eigenvalue weighted by Crippen LogP contribution is -2.29. The summed E-state index contributed by atoms with van der Waals surface area (Å²) in [6.45, 7) is 2.33. The number of nitro groups is 1. The molecule has 0 radical (unpaired) electrons. The summed E-state index contributed by atoms with van der Waals surface area (Å²) < 4.78 is 9.63. The van der Waals surface area contributed by atoms with Crippen molar-refractivity contribution in [1.29, 1.82) is 0 Å². The van der Waals surface area contributed by atoms with Crippen LogP contribution in [0.5, 0.6) is 0 Å². The molecule has 0 N–H and O–H groups in total. The van der Waals surface area contributed by atoms with Gasteiger partial charge in [0.1, 0.15) is 0 Å². The number of hydrogen-bond acceptors (Lipinski definition) is 7. The molecule has 0 aliphatic carbocycles. The molecule has 0 atom stereocenters. The molecule has 1 aliphatic heterocycles. The second-order valence-corrected chi connectivity index (χ2v) is 5.23. The number of para-hydroxylation sites is 1. The molecule has 1 heterocycles. The van der Waals surface area contributed by atoms with E-state index in [1.165, 1.54) is 44.8 Å². The summed E-state index contributed by atoms with van der Waals surface area (Å²) in [4.78, 5) is 37.0. The minimum atomic E-state index is -0.954. The number of ether oxygens (including phenoxy) is 2. The first-order chi connectivity index (χ1) is 11.9. The Labute approximate surface area is 144 Å². The van der Waals surface area contributed by atoms with Crippen molar-refractivity contribution in [3.63, 3.8) is 0 Å². The average molecular weight is 346 g/mol. The Morgan fingerprint density at radius 1 is 1.12 bits per heavy atom. The van der Waals surface area contributed by atoms with E-state index in [0.717, 1.165) is 0 Å². The molecule has 0 spiro atoms. The largest absolute Gasteiger partial charge is 0.466 e. The van der Waals surface area contributed by atoms with E-state index in [0.29, 0.717) is 6.54 Å². The normalized spacial score (nSPS) is 14.4. The van der Waals surface area contributed by atoms with Crippen molar-refractivity contribution in [2.75, 3.05) is 20.8 Å². The molecule has 8 heteroatoms. The zero-order valence-corrected chi connectivity index (χ0v) is 14.1. The minimum absolute atomic E-state index is 0.126. The van der Waals surface area contributed by atoms with Gasteiger partial charge in [-0.15, -0.1) is 0 Å². The highest BCUT2D eigenvalue weighted by Crippen LogP contribution is 2.40. The molecule has 0 aromatic heterocycles. The van der Waals surface area contributed by atoms with E-state index in [1.807, 2.05) is 6.92 Å². The topological polar surface area (TPSA) is 99.0 Å². The molecule has 1 aromatic rings. The summed E-state index contributed by atoms with van der Waals surface area (Å²) in [7, 11) is 2.43. The Morgan fingerprint density at radius 2 is 1.64 bits per heavy atom. The number of carbonyl (C=O) groups excluding carboxylic acids is 2. The number of methoxy groups -OCH3 is 2. The molecular formula is C17H18N2O6. The van der Waals surface area contributed by atoms with Crippen LogP contribution in [0.15, 0.2) is 47.8 Å². The SMILES string of the molecule is CCN1C=C(C(=O)OC)C(c2ccccc2[N+](=O)[O-])C(C(=O)OC)=C1. The number of benzene rings is 1. The van der Waals surface area contributed by atoms with E-state index in [1.54, 1.807) is 11.0 Å². The Kier molecular flexibility index (Phi) is 5.53. The quantitative estimate of drug-likeness (QED) is 0.457. The van der Waals surface area contributed by atoms with Gasteiger partial charge in [0, 0.05) is 30.6 Å². The van der Waals surface area contributed by atoms with Crippen molar-refractivity contribution >= 4 is 17.6 Å². The lowest BCUT2D eigenvalue weighted by molar-refractivity contribution is -0.385. The molecule has 0 amide bonds.